The molecule has 3 aliphatic heterocycles. The van der Waals surface area contributed by atoms with Crippen LogP contribution in [0, 0.1) is 11.8 Å². The standard InChI is InChI=1S/C37H49N7O9/c1-20(45)41-19-25(46)16-22(5-4-12-40-35(38)39)33(47)42-18-24-15-23(34(48)49)10-13-44(24)36(50)52-29-9-7-26-27-17-21-6-8-28(51-3)31-30(21)37(26,32(29)53-31)11-14-43(27)2/h6-9,22-24,27,32H,4-5,10-19H2,1-3H3,(H,41,45)(H,42,47)(H,48,49)(H4,38,39,40)/t22-,23?,24?,27-,32?,37+/m1/s1. The van der Waals surface area contributed by atoms with E-state index < -0.39 is 47.4 Å². The number of amides is 3. The predicted molar refractivity (Wildman–Crippen MR) is 192 cm³/mol. The maximum Gasteiger partial charge on any atom is 0.415 e. The van der Waals surface area contributed by atoms with Crippen LogP contribution in [0.3, 0.4) is 0 Å². The third-order valence-electron chi connectivity index (χ3n) is 11.3. The molecule has 2 saturated heterocycles. The Hall–Kier alpha value is -5.12. The monoisotopic (exact) mass is 735 g/mol. The van der Waals surface area contributed by atoms with Gasteiger partial charge in [0.2, 0.25) is 11.8 Å². The van der Waals surface area contributed by atoms with E-state index in [2.05, 4.69) is 39.7 Å². The first-order valence-electron chi connectivity index (χ1n) is 18.1. The number of aliphatic imine (C=N–C) groups is 1. The number of carbonyl (C=O) groups excluding carboxylic acids is 4. The fourth-order valence-electron chi connectivity index (χ4n) is 8.69. The number of rotatable bonds is 14. The molecule has 5 aliphatic rings. The van der Waals surface area contributed by atoms with Crippen LogP contribution in [0.2, 0.25) is 0 Å². The highest BCUT2D eigenvalue weighted by Gasteiger charge is 2.62. The van der Waals surface area contributed by atoms with Gasteiger partial charge in [0, 0.05) is 50.5 Å². The summed E-state index contributed by atoms with van der Waals surface area (Å²) in [5, 5.41) is 15.2. The van der Waals surface area contributed by atoms with E-state index in [0.717, 1.165) is 24.9 Å². The summed E-state index contributed by atoms with van der Waals surface area (Å²) >= 11 is 0. The van der Waals surface area contributed by atoms with Gasteiger partial charge in [-0.15, -0.1) is 0 Å². The van der Waals surface area contributed by atoms with E-state index in [-0.39, 0.29) is 75.6 Å². The number of piperidine rings is 2. The molecule has 286 valence electrons. The van der Waals surface area contributed by atoms with Gasteiger partial charge in [0.25, 0.3) is 0 Å². The summed E-state index contributed by atoms with van der Waals surface area (Å²) in [6.45, 7) is 2.20. The van der Waals surface area contributed by atoms with Crippen molar-refractivity contribution in [3.63, 3.8) is 0 Å². The number of aliphatic carboxylic acids is 1. The summed E-state index contributed by atoms with van der Waals surface area (Å²) < 4.78 is 18.6. The molecular formula is C37H49N7O9. The molecule has 16 nitrogen and oxygen atoms in total. The van der Waals surface area contributed by atoms with Gasteiger partial charge in [-0.1, -0.05) is 12.1 Å². The minimum atomic E-state index is -0.988. The molecule has 1 aromatic rings. The highest BCUT2D eigenvalue weighted by Crippen LogP contribution is 2.62. The van der Waals surface area contributed by atoms with E-state index in [1.165, 1.54) is 23.0 Å². The van der Waals surface area contributed by atoms with Gasteiger partial charge < -0.3 is 46.3 Å². The number of likely N-dealkylation sites (N-methyl/N-ethyl adjacent to an activating group) is 1. The number of benzene rings is 1. The maximum absolute atomic E-state index is 14.1. The minimum absolute atomic E-state index is 0.0605. The van der Waals surface area contributed by atoms with Crippen LogP contribution in [-0.4, -0.2) is 116 Å². The molecule has 3 heterocycles. The smallest absolute Gasteiger partial charge is 0.415 e. The summed E-state index contributed by atoms with van der Waals surface area (Å²) in [6.07, 6.45) is 5.04. The second-order valence-corrected chi connectivity index (χ2v) is 14.6. The highest BCUT2D eigenvalue weighted by molar-refractivity contribution is 5.90. The molecule has 6 atom stereocenters. The van der Waals surface area contributed by atoms with Crippen molar-refractivity contribution in [2.45, 2.75) is 75.5 Å². The molecule has 2 bridgehead atoms. The number of allylic oxidation sites excluding steroid dienone is 2. The molecule has 3 unspecified atom stereocenters. The first-order chi connectivity index (χ1) is 25.3. The number of nitrogens with two attached hydrogens (primary N) is 2. The molecule has 2 fully saturated rings. The van der Waals surface area contributed by atoms with Crippen LogP contribution in [0.5, 0.6) is 11.5 Å². The molecule has 7 N–H and O–H groups in total. The molecule has 2 aliphatic carbocycles. The van der Waals surface area contributed by atoms with E-state index in [4.69, 9.17) is 25.7 Å². The predicted octanol–water partition coefficient (Wildman–Crippen LogP) is 0.961. The quantitative estimate of drug-likeness (QED) is 0.102. The van der Waals surface area contributed by atoms with Crippen molar-refractivity contribution >= 4 is 35.6 Å². The molecule has 3 amide bonds. The molecule has 16 heteroatoms. The van der Waals surface area contributed by atoms with Gasteiger partial charge in [0.15, 0.2) is 35.1 Å². The fraction of sp³-hybridized carbons (Fsp3) is 0.568. The Kier molecular flexibility index (Phi) is 11.0. The lowest BCUT2D eigenvalue weighted by atomic mass is 9.57. The molecule has 0 radical (unpaired) electrons. The number of carboxylic acid groups (broad SMARTS) is 1. The van der Waals surface area contributed by atoms with Crippen molar-refractivity contribution in [3.8, 4) is 11.5 Å². The average Bonchev–Trinajstić information content (AvgIpc) is 3.48. The zero-order chi connectivity index (χ0) is 38.0. The lowest BCUT2D eigenvalue weighted by Crippen LogP contribution is -2.59. The van der Waals surface area contributed by atoms with Gasteiger partial charge in [-0.05, 0) is 75.4 Å². The van der Waals surface area contributed by atoms with Crippen molar-refractivity contribution in [3.05, 3.63) is 46.7 Å². The number of ketones is 1. The van der Waals surface area contributed by atoms with Gasteiger partial charge in [-0.25, -0.2) is 4.79 Å². The van der Waals surface area contributed by atoms with Crippen LogP contribution in [-0.2, 0) is 35.8 Å². The maximum atomic E-state index is 14.1. The van der Waals surface area contributed by atoms with E-state index in [9.17, 15) is 29.1 Å². The van der Waals surface area contributed by atoms with E-state index >= 15 is 0 Å². The number of nitrogens with one attached hydrogen (secondary N) is 2. The number of nitrogens with zero attached hydrogens (tertiary/aromatic N) is 3. The topological polar surface area (TPSA) is 228 Å². The largest absolute Gasteiger partial charge is 0.493 e. The number of carbonyl (C=O) groups is 5. The Morgan fingerprint density at radius 1 is 1.15 bits per heavy atom. The van der Waals surface area contributed by atoms with Crippen LogP contribution in [0.4, 0.5) is 4.79 Å². The summed E-state index contributed by atoms with van der Waals surface area (Å²) in [5.74, 6) is -2.08. The van der Waals surface area contributed by atoms with E-state index in [1.54, 1.807) is 13.2 Å². The number of likely N-dealkylation sites (tertiary alicyclic amines) is 2. The Balaban J connectivity index is 1.19. The first kappa shape index (κ1) is 37.6. The normalized spacial score (nSPS) is 25.8. The molecule has 6 rings (SSSR count). The Morgan fingerprint density at radius 3 is 2.66 bits per heavy atom. The number of Topliss-reactive ketones (excluding diaryl/α,β-unsaturated/α-hetero) is 1. The number of hydrogen-bond acceptors (Lipinski definition) is 10. The SMILES string of the molecule is COc1ccc2c3c1OC1C(OC(=O)N4CCC(C(=O)O)CC4CNC(=O)[C@H](CCCN=C(N)N)CC(=O)CNC(C)=O)=CC=C4[C@@H](C2)N(C)CC[C@]431. The van der Waals surface area contributed by atoms with Crippen molar-refractivity contribution < 1.29 is 43.3 Å². The molecule has 0 saturated carbocycles. The fourth-order valence-corrected chi connectivity index (χ4v) is 8.69. The summed E-state index contributed by atoms with van der Waals surface area (Å²) in [6, 6.07) is 3.48. The lowest BCUT2D eigenvalue weighted by molar-refractivity contribution is -0.144. The molecule has 1 spiro atoms. The summed E-state index contributed by atoms with van der Waals surface area (Å²) in [4.78, 5) is 71.5. The van der Waals surface area contributed by atoms with Gasteiger partial charge in [-0.3, -0.25) is 29.1 Å². The Bertz CT molecular complexity index is 1760. The van der Waals surface area contributed by atoms with Crippen molar-refractivity contribution in [1.29, 1.82) is 0 Å². The molecule has 1 aromatic carbocycles. The van der Waals surface area contributed by atoms with E-state index in [1.807, 2.05) is 6.07 Å². The van der Waals surface area contributed by atoms with Crippen LogP contribution in [0.1, 0.15) is 56.6 Å². The first-order valence-corrected chi connectivity index (χ1v) is 18.1. The van der Waals surface area contributed by atoms with Crippen molar-refractivity contribution in [2.75, 3.05) is 46.9 Å². The zero-order valence-corrected chi connectivity index (χ0v) is 30.4. The lowest BCUT2D eigenvalue weighted by Gasteiger charge is -2.52. The van der Waals surface area contributed by atoms with Gasteiger partial charge >= 0.3 is 12.1 Å². The second-order valence-electron chi connectivity index (χ2n) is 14.6. The van der Waals surface area contributed by atoms with Crippen molar-refractivity contribution in [2.24, 2.45) is 28.3 Å². The number of hydrogen-bond donors (Lipinski definition) is 5. The summed E-state index contributed by atoms with van der Waals surface area (Å²) in [7, 11) is 3.73. The second kappa shape index (κ2) is 15.5. The number of guanidine groups is 1. The summed E-state index contributed by atoms with van der Waals surface area (Å²) in [5.41, 5.74) is 13.8. The molecule has 0 aromatic heterocycles. The third kappa shape index (κ3) is 7.41. The van der Waals surface area contributed by atoms with Crippen molar-refractivity contribution in [1.82, 2.24) is 20.4 Å². The highest BCUT2D eigenvalue weighted by atomic mass is 16.6. The number of carboxylic acids is 1. The van der Waals surface area contributed by atoms with Gasteiger partial charge in [-0.2, -0.15) is 0 Å². The molecule has 53 heavy (non-hydrogen) atoms. The van der Waals surface area contributed by atoms with Gasteiger partial charge in [0.05, 0.1) is 31.0 Å². The van der Waals surface area contributed by atoms with Crippen LogP contribution in [0.15, 0.2) is 40.6 Å². The van der Waals surface area contributed by atoms with E-state index in [0.29, 0.717) is 23.7 Å². The number of ether oxygens (including phenoxy) is 3. The number of methoxy groups -OCH3 is 1. The Labute approximate surface area is 307 Å². The average molecular weight is 736 g/mol. The molecular weight excluding hydrogens is 686 g/mol. The van der Waals surface area contributed by atoms with Gasteiger partial charge in [0.1, 0.15) is 0 Å². The minimum Gasteiger partial charge on any atom is -0.493 e. The third-order valence-corrected chi connectivity index (χ3v) is 11.3. The Morgan fingerprint density at radius 2 is 1.94 bits per heavy atom. The van der Waals surface area contributed by atoms with Crippen LogP contribution < -0.4 is 31.6 Å². The van der Waals surface area contributed by atoms with Crippen LogP contribution >= 0.6 is 0 Å². The zero-order valence-electron chi connectivity index (χ0n) is 30.4. The van der Waals surface area contributed by atoms with Crippen LogP contribution in [0.25, 0.3) is 0 Å².